The van der Waals surface area contributed by atoms with Gasteiger partial charge in [0.2, 0.25) is 0 Å². The number of methoxy groups -OCH3 is 2. The first-order valence-electron chi connectivity index (χ1n) is 7.51. The third kappa shape index (κ3) is 6.57. The molecule has 0 unspecified atom stereocenters. The molecule has 0 fully saturated rings. The first-order chi connectivity index (χ1) is 10.2. The Morgan fingerprint density at radius 1 is 1.05 bits per heavy atom. The van der Waals surface area contributed by atoms with Crippen LogP contribution in [-0.2, 0) is 25.6 Å². The maximum atomic E-state index is 5.94. The molecule has 0 saturated carbocycles. The summed E-state index contributed by atoms with van der Waals surface area (Å²) in [6, 6.07) is 10.1. The van der Waals surface area contributed by atoms with Gasteiger partial charge >= 0.3 is 0 Å². The van der Waals surface area contributed by atoms with Crippen LogP contribution in [0.25, 0.3) is 0 Å². The van der Waals surface area contributed by atoms with Crippen LogP contribution in [0, 0.1) is 0 Å². The normalized spacial score (nSPS) is 15.6. The van der Waals surface area contributed by atoms with E-state index in [1.807, 2.05) is 25.1 Å². The van der Waals surface area contributed by atoms with Crippen molar-refractivity contribution in [1.82, 2.24) is 0 Å². The molecule has 0 heterocycles. The van der Waals surface area contributed by atoms with E-state index in [1.165, 1.54) is 0 Å². The second kappa shape index (κ2) is 10.7. The maximum absolute atomic E-state index is 5.94. The van der Waals surface area contributed by atoms with Gasteiger partial charge in [0.05, 0.1) is 18.8 Å². The number of hydrogen-bond donors (Lipinski definition) is 0. The van der Waals surface area contributed by atoms with Crippen LogP contribution in [0.3, 0.4) is 0 Å². The molecule has 4 nitrogen and oxygen atoms in total. The highest BCUT2D eigenvalue weighted by Crippen LogP contribution is 2.17. The Kier molecular flexibility index (Phi) is 9.26. The third-order valence-corrected chi connectivity index (χ3v) is 3.43. The Labute approximate surface area is 128 Å². The van der Waals surface area contributed by atoms with E-state index in [0.29, 0.717) is 6.61 Å². The van der Waals surface area contributed by atoms with E-state index in [-0.39, 0.29) is 25.1 Å². The summed E-state index contributed by atoms with van der Waals surface area (Å²) < 4.78 is 22.3. The number of hydrogen-bond acceptors (Lipinski definition) is 4. The lowest BCUT2D eigenvalue weighted by molar-refractivity contribution is -0.159. The SMILES string of the molecule is CCC[C@@H](OCOC)[C@H](OC)[C@H](C)OCc1ccccc1. The summed E-state index contributed by atoms with van der Waals surface area (Å²) in [5.41, 5.74) is 1.16. The highest BCUT2D eigenvalue weighted by molar-refractivity contribution is 5.13. The van der Waals surface area contributed by atoms with Crippen molar-refractivity contribution in [2.75, 3.05) is 21.0 Å². The molecular formula is C17H28O4. The molecule has 120 valence electrons. The van der Waals surface area contributed by atoms with Gasteiger partial charge in [-0.15, -0.1) is 0 Å². The van der Waals surface area contributed by atoms with Gasteiger partial charge in [0.15, 0.2) is 0 Å². The summed E-state index contributed by atoms with van der Waals surface area (Å²) in [5.74, 6) is 0. The maximum Gasteiger partial charge on any atom is 0.146 e. The number of rotatable bonds is 11. The van der Waals surface area contributed by atoms with Gasteiger partial charge in [0, 0.05) is 14.2 Å². The molecule has 0 aliphatic heterocycles. The predicted molar refractivity (Wildman–Crippen MR) is 83.1 cm³/mol. The molecule has 1 rings (SSSR count). The molecule has 3 atom stereocenters. The molecule has 0 spiro atoms. The molecule has 4 heteroatoms. The van der Waals surface area contributed by atoms with Gasteiger partial charge in [-0.1, -0.05) is 43.7 Å². The minimum absolute atomic E-state index is 0.0225. The van der Waals surface area contributed by atoms with Gasteiger partial charge in [-0.3, -0.25) is 0 Å². The van der Waals surface area contributed by atoms with E-state index in [2.05, 4.69) is 19.1 Å². The van der Waals surface area contributed by atoms with E-state index in [0.717, 1.165) is 18.4 Å². The fraction of sp³-hybridized carbons (Fsp3) is 0.647. The zero-order valence-corrected chi connectivity index (χ0v) is 13.6. The first-order valence-corrected chi connectivity index (χ1v) is 7.51. The fourth-order valence-corrected chi connectivity index (χ4v) is 2.32. The standard InChI is InChI=1S/C17H28O4/c1-5-9-16(21-13-18-3)17(19-4)14(2)20-12-15-10-7-6-8-11-15/h6-8,10-11,14,16-17H,5,9,12-13H2,1-4H3/t14-,16+,17+/m0/s1. The molecule has 0 bridgehead atoms. The van der Waals surface area contributed by atoms with Gasteiger partial charge in [-0.05, 0) is 18.9 Å². The molecule has 0 saturated heterocycles. The van der Waals surface area contributed by atoms with E-state index < -0.39 is 0 Å². The van der Waals surface area contributed by atoms with Gasteiger partial charge in [-0.2, -0.15) is 0 Å². The van der Waals surface area contributed by atoms with Crippen molar-refractivity contribution < 1.29 is 18.9 Å². The Balaban J connectivity index is 2.54. The Morgan fingerprint density at radius 3 is 2.33 bits per heavy atom. The Morgan fingerprint density at radius 2 is 1.76 bits per heavy atom. The van der Waals surface area contributed by atoms with Crippen LogP contribution in [0.2, 0.25) is 0 Å². The molecule has 0 aliphatic carbocycles. The smallest absolute Gasteiger partial charge is 0.146 e. The second-order valence-electron chi connectivity index (χ2n) is 5.10. The summed E-state index contributed by atoms with van der Waals surface area (Å²) in [6.45, 7) is 5.00. The molecule has 1 aromatic rings. The zero-order valence-electron chi connectivity index (χ0n) is 13.6. The highest BCUT2D eigenvalue weighted by Gasteiger charge is 2.27. The van der Waals surface area contributed by atoms with Crippen LogP contribution in [0.5, 0.6) is 0 Å². The summed E-state index contributed by atoms with van der Waals surface area (Å²) >= 11 is 0. The van der Waals surface area contributed by atoms with Crippen LogP contribution in [0.1, 0.15) is 32.3 Å². The average Bonchev–Trinajstić information content (AvgIpc) is 2.52. The molecule has 21 heavy (non-hydrogen) atoms. The van der Waals surface area contributed by atoms with Gasteiger partial charge in [-0.25, -0.2) is 0 Å². The van der Waals surface area contributed by atoms with Gasteiger partial charge < -0.3 is 18.9 Å². The number of ether oxygens (including phenoxy) is 4. The lowest BCUT2D eigenvalue weighted by Crippen LogP contribution is -2.41. The van der Waals surface area contributed by atoms with Crippen LogP contribution in [0.15, 0.2) is 30.3 Å². The van der Waals surface area contributed by atoms with Gasteiger partial charge in [0.25, 0.3) is 0 Å². The van der Waals surface area contributed by atoms with Crippen molar-refractivity contribution in [2.45, 2.75) is 51.6 Å². The van der Waals surface area contributed by atoms with Crippen molar-refractivity contribution in [3.63, 3.8) is 0 Å². The van der Waals surface area contributed by atoms with Crippen molar-refractivity contribution in [3.05, 3.63) is 35.9 Å². The van der Waals surface area contributed by atoms with E-state index in [4.69, 9.17) is 18.9 Å². The minimum Gasteiger partial charge on any atom is -0.376 e. The first kappa shape index (κ1) is 18.1. The van der Waals surface area contributed by atoms with E-state index in [1.54, 1.807) is 14.2 Å². The summed E-state index contributed by atoms with van der Waals surface area (Å²) in [6.07, 6.45) is 1.76. The molecule has 0 amide bonds. The largest absolute Gasteiger partial charge is 0.376 e. The van der Waals surface area contributed by atoms with Crippen LogP contribution in [-0.4, -0.2) is 39.3 Å². The van der Waals surface area contributed by atoms with Crippen molar-refractivity contribution in [1.29, 1.82) is 0 Å². The molecule has 0 N–H and O–H groups in total. The highest BCUT2D eigenvalue weighted by atomic mass is 16.7. The quantitative estimate of drug-likeness (QED) is 0.587. The lowest BCUT2D eigenvalue weighted by atomic mass is 10.0. The fourth-order valence-electron chi connectivity index (χ4n) is 2.32. The summed E-state index contributed by atoms with van der Waals surface area (Å²) in [5, 5.41) is 0. The van der Waals surface area contributed by atoms with Gasteiger partial charge in [0.1, 0.15) is 12.9 Å². The molecule has 0 radical (unpaired) electrons. The van der Waals surface area contributed by atoms with E-state index in [9.17, 15) is 0 Å². The minimum atomic E-state index is -0.108. The zero-order chi connectivity index (χ0) is 15.5. The monoisotopic (exact) mass is 296 g/mol. The second-order valence-corrected chi connectivity index (χ2v) is 5.10. The van der Waals surface area contributed by atoms with Crippen LogP contribution < -0.4 is 0 Å². The average molecular weight is 296 g/mol. The summed E-state index contributed by atoms with van der Waals surface area (Å²) in [4.78, 5) is 0. The number of benzene rings is 1. The Hall–Kier alpha value is -0.940. The van der Waals surface area contributed by atoms with Crippen LogP contribution in [0.4, 0.5) is 0 Å². The van der Waals surface area contributed by atoms with Crippen molar-refractivity contribution in [3.8, 4) is 0 Å². The molecule has 0 aromatic heterocycles. The van der Waals surface area contributed by atoms with E-state index >= 15 is 0 Å². The van der Waals surface area contributed by atoms with Crippen molar-refractivity contribution in [2.24, 2.45) is 0 Å². The van der Waals surface area contributed by atoms with Crippen LogP contribution >= 0.6 is 0 Å². The topological polar surface area (TPSA) is 36.9 Å². The predicted octanol–water partition coefficient (Wildman–Crippen LogP) is 3.40. The Bertz CT molecular complexity index is 355. The lowest BCUT2D eigenvalue weighted by Gasteiger charge is -2.30. The molecule has 1 aromatic carbocycles. The van der Waals surface area contributed by atoms with Crippen molar-refractivity contribution >= 4 is 0 Å². The third-order valence-electron chi connectivity index (χ3n) is 3.43. The summed E-state index contributed by atoms with van der Waals surface area (Å²) in [7, 11) is 3.33. The molecular weight excluding hydrogens is 268 g/mol. The molecule has 0 aliphatic rings.